The highest BCUT2D eigenvalue weighted by molar-refractivity contribution is 8.18. The van der Waals surface area contributed by atoms with Gasteiger partial charge in [-0.05, 0) is 49.4 Å². The zero-order valence-corrected chi connectivity index (χ0v) is 16.5. The van der Waals surface area contributed by atoms with E-state index < -0.39 is 29.5 Å². The van der Waals surface area contributed by atoms with Crippen LogP contribution in [0.1, 0.15) is 19.4 Å². The molecule has 2 aliphatic heterocycles. The lowest BCUT2D eigenvalue weighted by Gasteiger charge is -2.29. The lowest BCUT2D eigenvalue weighted by atomic mass is 10.1. The summed E-state index contributed by atoms with van der Waals surface area (Å²) in [5, 5.41) is -0.553. The topological polar surface area (TPSA) is 76.2 Å². The van der Waals surface area contributed by atoms with Crippen LogP contribution < -0.4 is 4.90 Å². The number of anilines is 1. The number of carbonyl (C=O) groups excluding carboxylic acids is 3. The van der Waals surface area contributed by atoms with Gasteiger partial charge in [0.2, 0.25) is 0 Å². The number of esters is 1. The maximum atomic E-state index is 14.5. The van der Waals surface area contributed by atoms with Crippen LogP contribution in [0.4, 0.5) is 14.9 Å². The van der Waals surface area contributed by atoms with E-state index in [1.165, 1.54) is 12.1 Å². The molecule has 2 saturated heterocycles. The van der Waals surface area contributed by atoms with E-state index in [0.717, 1.165) is 4.90 Å². The maximum Gasteiger partial charge on any atom is 0.326 e. The molecule has 0 aromatic heterocycles. The largest absolute Gasteiger partial charge is 0.462 e. The summed E-state index contributed by atoms with van der Waals surface area (Å²) in [7, 11) is 0. The second kappa shape index (κ2) is 8.74. The number of ether oxygens (including phenoxy) is 2. The molecule has 150 valence electrons. The fourth-order valence-corrected chi connectivity index (χ4v) is 3.73. The number of halogens is 1. The fraction of sp³-hybridized carbons (Fsp3) is 0.421. The smallest absolute Gasteiger partial charge is 0.326 e. The third kappa shape index (κ3) is 4.71. The zero-order chi connectivity index (χ0) is 20.3. The van der Waals surface area contributed by atoms with Crippen LogP contribution >= 0.6 is 11.8 Å². The molecule has 0 atom stereocenters. The predicted molar refractivity (Wildman–Crippen MR) is 103 cm³/mol. The number of hydrogen-bond acceptors (Lipinski definition) is 7. The number of carbonyl (C=O) groups is 3. The summed E-state index contributed by atoms with van der Waals surface area (Å²) in [6.07, 6.45) is 1.11. The molecule has 7 nitrogen and oxygen atoms in total. The van der Waals surface area contributed by atoms with Crippen LogP contribution in [-0.2, 0) is 19.1 Å². The van der Waals surface area contributed by atoms with Crippen molar-refractivity contribution in [3.63, 3.8) is 0 Å². The first kappa shape index (κ1) is 20.3. The van der Waals surface area contributed by atoms with Gasteiger partial charge in [0.25, 0.3) is 11.1 Å². The molecule has 3 rings (SSSR count). The molecule has 0 radical (unpaired) electrons. The average molecular weight is 408 g/mol. The molecule has 1 aromatic rings. The molecule has 9 heteroatoms. The molecular formula is C19H21FN2O5S. The normalized spacial score (nSPS) is 19.1. The second-order valence-corrected chi connectivity index (χ2v) is 7.61. The fourth-order valence-electron chi connectivity index (χ4n) is 2.89. The quantitative estimate of drug-likeness (QED) is 0.548. The summed E-state index contributed by atoms with van der Waals surface area (Å²) in [5.41, 5.74) is 0.940. The van der Waals surface area contributed by atoms with E-state index in [1.54, 1.807) is 26.0 Å². The Morgan fingerprint density at radius 2 is 2.04 bits per heavy atom. The van der Waals surface area contributed by atoms with Gasteiger partial charge in [-0.25, -0.2) is 4.39 Å². The van der Waals surface area contributed by atoms with E-state index >= 15 is 0 Å². The Labute approximate surface area is 166 Å². The molecule has 2 amide bonds. The summed E-state index contributed by atoms with van der Waals surface area (Å²) >= 11 is 0.717. The van der Waals surface area contributed by atoms with E-state index in [-0.39, 0.29) is 11.0 Å². The SMILES string of the molecule is CC(C)OC(=O)CN1C(=O)S/C(=C/c2ccc(N3CCOCC3)c(F)c2)C1=O. The van der Waals surface area contributed by atoms with Gasteiger partial charge in [0.05, 0.1) is 29.9 Å². The van der Waals surface area contributed by atoms with Gasteiger partial charge in [0.15, 0.2) is 0 Å². The van der Waals surface area contributed by atoms with Crippen molar-refractivity contribution in [1.29, 1.82) is 0 Å². The Bertz CT molecular complexity index is 821. The van der Waals surface area contributed by atoms with Crippen molar-refractivity contribution in [2.75, 3.05) is 37.7 Å². The average Bonchev–Trinajstić information content (AvgIpc) is 2.89. The van der Waals surface area contributed by atoms with Gasteiger partial charge in [-0.15, -0.1) is 0 Å². The van der Waals surface area contributed by atoms with Gasteiger partial charge in [0.1, 0.15) is 12.4 Å². The van der Waals surface area contributed by atoms with Crippen LogP contribution in [0.2, 0.25) is 0 Å². The molecule has 0 bridgehead atoms. The highest BCUT2D eigenvalue weighted by Gasteiger charge is 2.36. The number of rotatable bonds is 5. The van der Waals surface area contributed by atoms with Crippen molar-refractivity contribution in [3.8, 4) is 0 Å². The number of imide groups is 1. The molecule has 2 heterocycles. The minimum absolute atomic E-state index is 0.140. The first-order valence-corrected chi connectivity index (χ1v) is 9.74. The van der Waals surface area contributed by atoms with Crippen molar-refractivity contribution in [3.05, 3.63) is 34.5 Å². The second-order valence-electron chi connectivity index (χ2n) is 6.62. The summed E-state index contributed by atoms with van der Waals surface area (Å²) in [6, 6.07) is 4.66. The molecule has 2 aliphatic rings. The van der Waals surface area contributed by atoms with Gasteiger partial charge in [0, 0.05) is 13.1 Å². The maximum absolute atomic E-state index is 14.5. The van der Waals surface area contributed by atoms with Gasteiger partial charge in [-0.3, -0.25) is 19.3 Å². The van der Waals surface area contributed by atoms with Gasteiger partial charge >= 0.3 is 5.97 Å². The lowest BCUT2D eigenvalue weighted by molar-refractivity contribution is -0.149. The van der Waals surface area contributed by atoms with Crippen molar-refractivity contribution < 1.29 is 28.2 Å². The monoisotopic (exact) mass is 408 g/mol. The van der Waals surface area contributed by atoms with Crippen LogP contribution in [0, 0.1) is 5.82 Å². The molecule has 0 N–H and O–H groups in total. The Balaban J connectivity index is 1.72. The van der Waals surface area contributed by atoms with Crippen molar-refractivity contribution in [2.24, 2.45) is 0 Å². The standard InChI is InChI=1S/C19H21FN2O5S/c1-12(2)27-17(23)11-22-18(24)16(28-19(22)25)10-13-3-4-15(14(20)9-13)21-5-7-26-8-6-21/h3-4,9-10,12H,5-8,11H2,1-2H3/b16-10+. The molecule has 0 saturated carbocycles. The molecule has 0 unspecified atom stereocenters. The highest BCUT2D eigenvalue weighted by Crippen LogP contribution is 2.33. The summed E-state index contributed by atoms with van der Waals surface area (Å²) < 4.78 is 24.8. The van der Waals surface area contributed by atoms with E-state index in [4.69, 9.17) is 9.47 Å². The zero-order valence-electron chi connectivity index (χ0n) is 15.6. The van der Waals surface area contributed by atoms with E-state index in [1.807, 2.05) is 4.90 Å². The van der Waals surface area contributed by atoms with Gasteiger partial charge in [-0.1, -0.05) is 6.07 Å². The summed E-state index contributed by atoms with van der Waals surface area (Å²) in [5.74, 6) is -1.65. The Morgan fingerprint density at radius 1 is 1.32 bits per heavy atom. The Kier molecular flexibility index (Phi) is 6.35. The van der Waals surface area contributed by atoms with Crippen LogP contribution in [0.3, 0.4) is 0 Å². The number of hydrogen-bond donors (Lipinski definition) is 0. The lowest BCUT2D eigenvalue weighted by Crippen LogP contribution is -2.36. The third-order valence-electron chi connectivity index (χ3n) is 4.15. The highest BCUT2D eigenvalue weighted by atomic mass is 32.2. The van der Waals surface area contributed by atoms with Gasteiger partial charge in [-0.2, -0.15) is 0 Å². The van der Waals surface area contributed by atoms with Crippen LogP contribution in [0.15, 0.2) is 23.1 Å². The number of thioether (sulfide) groups is 1. The van der Waals surface area contributed by atoms with Gasteiger partial charge < -0.3 is 14.4 Å². The van der Waals surface area contributed by atoms with Crippen molar-refractivity contribution in [1.82, 2.24) is 4.90 Å². The number of benzene rings is 1. The molecular weight excluding hydrogens is 387 g/mol. The minimum Gasteiger partial charge on any atom is -0.462 e. The first-order chi connectivity index (χ1) is 13.3. The number of morpholine rings is 1. The molecule has 2 fully saturated rings. The van der Waals surface area contributed by atoms with E-state index in [0.29, 0.717) is 49.3 Å². The Hall–Kier alpha value is -2.39. The van der Waals surface area contributed by atoms with Crippen molar-refractivity contribution >= 4 is 40.6 Å². The summed E-state index contributed by atoms with van der Waals surface area (Å²) in [4.78, 5) is 39.1. The summed E-state index contributed by atoms with van der Waals surface area (Å²) in [6.45, 7) is 5.25. The predicted octanol–water partition coefficient (Wildman–Crippen LogP) is 2.65. The minimum atomic E-state index is -0.653. The molecule has 0 spiro atoms. The van der Waals surface area contributed by atoms with Crippen LogP contribution in [0.5, 0.6) is 0 Å². The van der Waals surface area contributed by atoms with E-state index in [9.17, 15) is 18.8 Å². The number of amides is 2. The van der Waals surface area contributed by atoms with Crippen LogP contribution in [0.25, 0.3) is 6.08 Å². The Morgan fingerprint density at radius 3 is 2.68 bits per heavy atom. The van der Waals surface area contributed by atoms with E-state index in [2.05, 4.69) is 0 Å². The molecule has 0 aliphatic carbocycles. The molecule has 1 aromatic carbocycles. The number of nitrogens with zero attached hydrogens (tertiary/aromatic N) is 2. The third-order valence-corrected chi connectivity index (χ3v) is 5.06. The molecule has 28 heavy (non-hydrogen) atoms. The van der Waals surface area contributed by atoms with Crippen molar-refractivity contribution in [2.45, 2.75) is 20.0 Å². The first-order valence-electron chi connectivity index (χ1n) is 8.92. The van der Waals surface area contributed by atoms with Crippen LogP contribution in [-0.4, -0.2) is 61.0 Å².